The van der Waals surface area contributed by atoms with Crippen LogP contribution in [0.3, 0.4) is 0 Å². The van der Waals surface area contributed by atoms with Crippen LogP contribution >= 0.6 is 0 Å². The number of benzene rings is 2. The van der Waals surface area contributed by atoms with Crippen molar-refractivity contribution in [2.75, 3.05) is 6.61 Å². The van der Waals surface area contributed by atoms with Crippen molar-refractivity contribution in [3.05, 3.63) is 54.6 Å². The van der Waals surface area contributed by atoms with E-state index in [2.05, 4.69) is 6.07 Å². The fourth-order valence-corrected chi connectivity index (χ4v) is 1.37. The molecule has 1 radical (unpaired) electrons. The Morgan fingerprint density at radius 2 is 1.88 bits per heavy atom. The zero-order chi connectivity index (χ0) is 11.2. The van der Waals surface area contributed by atoms with Crippen molar-refractivity contribution in [1.29, 1.82) is 0 Å². The average molecular weight is 213 g/mol. The highest BCUT2D eigenvalue weighted by Crippen LogP contribution is 2.30. The van der Waals surface area contributed by atoms with Crippen LogP contribution < -0.4 is 9.47 Å². The molecule has 0 spiro atoms. The third-order valence-electron chi connectivity index (χ3n) is 2.06. The van der Waals surface area contributed by atoms with Gasteiger partial charge in [0.2, 0.25) is 0 Å². The Kier molecular flexibility index (Phi) is 3.44. The second-order valence-corrected chi connectivity index (χ2v) is 3.22. The van der Waals surface area contributed by atoms with Crippen molar-refractivity contribution in [3.63, 3.8) is 0 Å². The van der Waals surface area contributed by atoms with Gasteiger partial charge in [-0.2, -0.15) is 0 Å². The highest BCUT2D eigenvalue weighted by Gasteiger charge is 2.04. The summed E-state index contributed by atoms with van der Waals surface area (Å²) < 4.78 is 11.2. The summed E-state index contributed by atoms with van der Waals surface area (Å²) in [7, 11) is 0. The number of para-hydroxylation sites is 1. The van der Waals surface area contributed by atoms with Crippen LogP contribution in [0.25, 0.3) is 0 Å². The van der Waals surface area contributed by atoms with Crippen LogP contribution in [0.5, 0.6) is 17.2 Å². The lowest BCUT2D eigenvalue weighted by molar-refractivity contribution is 0.321. The minimum Gasteiger partial charge on any atom is -0.490 e. The molecule has 0 aromatic heterocycles. The third kappa shape index (κ3) is 2.54. The van der Waals surface area contributed by atoms with E-state index >= 15 is 0 Å². The first-order valence-corrected chi connectivity index (χ1v) is 5.26. The average Bonchev–Trinajstić information content (AvgIpc) is 2.33. The van der Waals surface area contributed by atoms with Crippen LogP contribution in [0.2, 0.25) is 0 Å². The van der Waals surface area contributed by atoms with Crippen LogP contribution in [0.15, 0.2) is 48.5 Å². The van der Waals surface area contributed by atoms with Gasteiger partial charge in [-0.15, -0.1) is 0 Å². The van der Waals surface area contributed by atoms with Crippen molar-refractivity contribution in [2.45, 2.75) is 6.92 Å². The van der Waals surface area contributed by atoms with Gasteiger partial charge in [-0.3, -0.25) is 0 Å². The van der Waals surface area contributed by atoms with E-state index in [1.807, 2.05) is 43.3 Å². The van der Waals surface area contributed by atoms with Crippen molar-refractivity contribution >= 4 is 0 Å². The lowest BCUT2D eigenvalue weighted by Gasteiger charge is -2.10. The molecule has 2 nitrogen and oxygen atoms in total. The van der Waals surface area contributed by atoms with Crippen LogP contribution in [-0.2, 0) is 0 Å². The summed E-state index contributed by atoms with van der Waals surface area (Å²) in [5, 5.41) is 0. The largest absolute Gasteiger partial charge is 0.490 e. The topological polar surface area (TPSA) is 18.5 Å². The van der Waals surface area contributed by atoms with E-state index in [4.69, 9.17) is 9.47 Å². The summed E-state index contributed by atoms with van der Waals surface area (Å²) in [6, 6.07) is 18.0. The smallest absolute Gasteiger partial charge is 0.169 e. The molecule has 2 heteroatoms. The molecule has 0 bridgehead atoms. The highest BCUT2D eigenvalue weighted by molar-refractivity contribution is 5.42. The van der Waals surface area contributed by atoms with E-state index in [-0.39, 0.29) is 0 Å². The van der Waals surface area contributed by atoms with Gasteiger partial charge in [-0.25, -0.2) is 0 Å². The van der Waals surface area contributed by atoms with Gasteiger partial charge in [0.1, 0.15) is 5.75 Å². The van der Waals surface area contributed by atoms with Crippen molar-refractivity contribution in [1.82, 2.24) is 0 Å². The number of ether oxygens (including phenoxy) is 2. The van der Waals surface area contributed by atoms with Crippen LogP contribution in [0, 0.1) is 6.07 Å². The minimum atomic E-state index is 0.614. The maximum absolute atomic E-state index is 5.72. The normalized spacial score (nSPS) is 9.81. The third-order valence-corrected chi connectivity index (χ3v) is 2.06. The minimum absolute atomic E-state index is 0.614. The van der Waals surface area contributed by atoms with Crippen molar-refractivity contribution in [2.24, 2.45) is 0 Å². The SMILES string of the molecule is CCOc1c[c]ccc1Oc1ccccc1. The molecule has 16 heavy (non-hydrogen) atoms. The molecule has 0 amide bonds. The van der Waals surface area contributed by atoms with E-state index < -0.39 is 0 Å². The molecule has 0 fully saturated rings. The van der Waals surface area contributed by atoms with E-state index in [9.17, 15) is 0 Å². The zero-order valence-electron chi connectivity index (χ0n) is 9.14. The summed E-state index contributed by atoms with van der Waals surface area (Å²) in [6.45, 7) is 2.56. The summed E-state index contributed by atoms with van der Waals surface area (Å²) in [5.74, 6) is 2.23. The monoisotopic (exact) mass is 213 g/mol. The number of hydrogen-bond donors (Lipinski definition) is 0. The Morgan fingerprint density at radius 3 is 2.62 bits per heavy atom. The highest BCUT2D eigenvalue weighted by atomic mass is 16.5. The second-order valence-electron chi connectivity index (χ2n) is 3.22. The van der Waals surface area contributed by atoms with Gasteiger partial charge in [-0.05, 0) is 37.3 Å². The first-order valence-electron chi connectivity index (χ1n) is 5.26. The van der Waals surface area contributed by atoms with Gasteiger partial charge in [0.05, 0.1) is 6.61 Å². The second kappa shape index (κ2) is 5.21. The molecule has 0 atom stereocenters. The molecule has 0 aliphatic rings. The Morgan fingerprint density at radius 1 is 1.06 bits per heavy atom. The van der Waals surface area contributed by atoms with Crippen LogP contribution in [0.4, 0.5) is 0 Å². The molecule has 0 saturated carbocycles. The van der Waals surface area contributed by atoms with Gasteiger partial charge >= 0.3 is 0 Å². The summed E-state index contributed by atoms with van der Waals surface area (Å²) >= 11 is 0. The molecule has 0 aliphatic heterocycles. The molecule has 2 aromatic rings. The zero-order valence-corrected chi connectivity index (χ0v) is 9.14. The number of rotatable bonds is 4. The predicted octanol–water partition coefficient (Wildman–Crippen LogP) is 3.68. The fourth-order valence-electron chi connectivity index (χ4n) is 1.37. The lowest BCUT2D eigenvalue weighted by atomic mass is 10.3. The molecule has 0 unspecified atom stereocenters. The molecule has 0 aliphatic carbocycles. The van der Waals surface area contributed by atoms with E-state index in [0.717, 1.165) is 5.75 Å². The molecule has 81 valence electrons. The van der Waals surface area contributed by atoms with E-state index in [1.165, 1.54) is 0 Å². The summed E-state index contributed by atoms with van der Waals surface area (Å²) in [6.07, 6.45) is 0. The Labute approximate surface area is 95.4 Å². The Bertz CT molecular complexity index is 437. The van der Waals surface area contributed by atoms with E-state index in [0.29, 0.717) is 18.1 Å². The molecular formula is C14H13O2. The Hall–Kier alpha value is -1.96. The fraction of sp³-hybridized carbons (Fsp3) is 0.143. The molecule has 2 rings (SSSR count). The van der Waals surface area contributed by atoms with Gasteiger partial charge in [0, 0.05) is 0 Å². The van der Waals surface area contributed by atoms with Gasteiger partial charge in [-0.1, -0.05) is 24.3 Å². The lowest BCUT2D eigenvalue weighted by Crippen LogP contribution is -1.94. The number of hydrogen-bond acceptors (Lipinski definition) is 2. The summed E-state index contributed by atoms with van der Waals surface area (Å²) in [5.41, 5.74) is 0. The predicted molar refractivity (Wildman–Crippen MR) is 63.0 cm³/mol. The Balaban J connectivity index is 2.21. The quantitative estimate of drug-likeness (QED) is 0.771. The molecule has 0 N–H and O–H groups in total. The molecule has 0 heterocycles. The van der Waals surface area contributed by atoms with E-state index in [1.54, 1.807) is 12.1 Å². The standard InChI is InChI=1S/C14H13O2/c1-2-15-13-10-6-7-11-14(13)16-12-8-4-3-5-9-12/h3-5,7-11H,2H2,1H3. The van der Waals surface area contributed by atoms with Crippen LogP contribution in [0.1, 0.15) is 6.92 Å². The van der Waals surface area contributed by atoms with Gasteiger partial charge in [0.25, 0.3) is 0 Å². The summed E-state index contributed by atoms with van der Waals surface area (Å²) in [4.78, 5) is 0. The van der Waals surface area contributed by atoms with Crippen molar-refractivity contribution < 1.29 is 9.47 Å². The first kappa shape index (κ1) is 10.6. The van der Waals surface area contributed by atoms with Gasteiger partial charge in [0.15, 0.2) is 11.5 Å². The first-order chi connectivity index (χ1) is 7.90. The molecule has 0 saturated heterocycles. The maximum atomic E-state index is 5.72. The molecular weight excluding hydrogens is 200 g/mol. The maximum Gasteiger partial charge on any atom is 0.169 e. The van der Waals surface area contributed by atoms with Crippen molar-refractivity contribution in [3.8, 4) is 17.2 Å². The van der Waals surface area contributed by atoms with Gasteiger partial charge < -0.3 is 9.47 Å². The van der Waals surface area contributed by atoms with Crippen LogP contribution in [-0.4, -0.2) is 6.61 Å². The molecule has 2 aromatic carbocycles.